The van der Waals surface area contributed by atoms with Crippen LogP contribution in [-0.2, 0) is 4.79 Å². The van der Waals surface area contributed by atoms with Crippen LogP contribution in [0.15, 0.2) is 24.3 Å². The van der Waals surface area contributed by atoms with Crippen LogP contribution in [0.5, 0.6) is 0 Å². The first-order chi connectivity index (χ1) is 11.2. The van der Waals surface area contributed by atoms with Crippen LogP contribution in [0.1, 0.15) is 38.5 Å². The molecule has 0 unspecified atom stereocenters. The quantitative estimate of drug-likeness (QED) is 0.815. The Kier molecular flexibility index (Phi) is 4.07. The summed E-state index contributed by atoms with van der Waals surface area (Å²) in [5, 5.41) is 10.9. The molecule has 0 N–H and O–H groups in total. The van der Waals surface area contributed by atoms with Crippen molar-refractivity contribution >= 4 is 34.0 Å². The van der Waals surface area contributed by atoms with Crippen LogP contribution in [0, 0.1) is 5.92 Å². The highest BCUT2D eigenvalue weighted by atomic mass is 35.5. The zero-order chi connectivity index (χ0) is 15.8. The van der Waals surface area contributed by atoms with Crippen LogP contribution in [-0.4, -0.2) is 22.1 Å². The van der Waals surface area contributed by atoms with Gasteiger partial charge in [-0.25, -0.2) is 0 Å². The van der Waals surface area contributed by atoms with E-state index in [1.54, 1.807) is 0 Å². The number of rotatable bonds is 4. The molecule has 1 amide bonds. The van der Waals surface area contributed by atoms with Gasteiger partial charge in [-0.15, -0.1) is 10.2 Å². The molecule has 4 nitrogen and oxygen atoms in total. The standard InChI is InChI=1S/C17H18ClN3OS/c18-13-9-7-11(8-10-13)15-19-20-17(23-15)21(14-3-1-2-4-14)16(22)12-5-6-12/h7-10,12,14H,1-6H2. The summed E-state index contributed by atoms with van der Waals surface area (Å²) < 4.78 is 0. The van der Waals surface area contributed by atoms with E-state index >= 15 is 0 Å². The molecule has 0 bridgehead atoms. The molecule has 0 radical (unpaired) electrons. The van der Waals surface area contributed by atoms with Gasteiger partial charge in [0.25, 0.3) is 0 Å². The Labute approximate surface area is 144 Å². The average molecular weight is 348 g/mol. The van der Waals surface area contributed by atoms with E-state index in [0.29, 0.717) is 11.1 Å². The highest BCUT2D eigenvalue weighted by molar-refractivity contribution is 7.18. The summed E-state index contributed by atoms with van der Waals surface area (Å²) in [6.45, 7) is 0. The molecule has 1 heterocycles. The van der Waals surface area contributed by atoms with E-state index in [1.807, 2.05) is 29.2 Å². The van der Waals surface area contributed by atoms with E-state index in [1.165, 1.54) is 24.2 Å². The van der Waals surface area contributed by atoms with Crippen molar-refractivity contribution in [2.24, 2.45) is 5.92 Å². The number of hydrogen-bond acceptors (Lipinski definition) is 4. The number of nitrogens with zero attached hydrogens (tertiary/aromatic N) is 3. The lowest BCUT2D eigenvalue weighted by atomic mass is 10.2. The summed E-state index contributed by atoms with van der Waals surface area (Å²) in [7, 11) is 0. The van der Waals surface area contributed by atoms with E-state index in [9.17, 15) is 4.79 Å². The minimum Gasteiger partial charge on any atom is -0.283 e. The van der Waals surface area contributed by atoms with Crippen LogP contribution in [0.2, 0.25) is 5.02 Å². The highest BCUT2D eigenvalue weighted by Crippen LogP contribution is 2.39. The molecule has 0 spiro atoms. The number of carbonyl (C=O) groups excluding carboxylic acids is 1. The van der Waals surface area contributed by atoms with E-state index in [0.717, 1.165) is 41.4 Å². The molecular weight excluding hydrogens is 330 g/mol. The Morgan fingerprint density at radius 1 is 1.09 bits per heavy atom. The number of amides is 1. The van der Waals surface area contributed by atoms with Crippen molar-refractivity contribution < 1.29 is 4.79 Å². The van der Waals surface area contributed by atoms with Crippen molar-refractivity contribution in [2.75, 3.05) is 4.90 Å². The van der Waals surface area contributed by atoms with Crippen LogP contribution in [0.4, 0.5) is 5.13 Å². The minimum absolute atomic E-state index is 0.207. The lowest BCUT2D eigenvalue weighted by Gasteiger charge is -2.26. The number of anilines is 1. The molecule has 0 atom stereocenters. The Morgan fingerprint density at radius 2 is 1.78 bits per heavy atom. The molecule has 4 rings (SSSR count). The average Bonchev–Trinajstić information content (AvgIpc) is 3.07. The van der Waals surface area contributed by atoms with Gasteiger partial charge in [0.15, 0.2) is 0 Å². The Hall–Kier alpha value is -1.46. The third-order valence-corrected chi connectivity index (χ3v) is 5.79. The predicted molar refractivity (Wildman–Crippen MR) is 92.8 cm³/mol. The van der Waals surface area contributed by atoms with Gasteiger partial charge in [-0.3, -0.25) is 9.69 Å². The molecule has 1 aromatic heterocycles. The maximum Gasteiger partial charge on any atom is 0.232 e. The van der Waals surface area contributed by atoms with Crippen molar-refractivity contribution in [3.8, 4) is 10.6 Å². The molecular formula is C17H18ClN3OS. The highest BCUT2D eigenvalue weighted by Gasteiger charge is 2.39. The molecule has 2 aromatic rings. The Balaban J connectivity index is 1.63. The number of aromatic nitrogens is 2. The summed E-state index contributed by atoms with van der Waals surface area (Å²) in [5.41, 5.74) is 0.989. The van der Waals surface area contributed by atoms with Crippen LogP contribution in [0.25, 0.3) is 10.6 Å². The monoisotopic (exact) mass is 347 g/mol. The van der Waals surface area contributed by atoms with Crippen molar-refractivity contribution in [1.29, 1.82) is 0 Å². The normalized spacial score (nSPS) is 18.3. The van der Waals surface area contributed by atoms with Gasteiger partial charge in [-0.2, -0.15) is 0 Å². The van der Waals surface area contributed by atoms with Crippen molar-refractivity contribution in [1.82, 2.24) is 10.2 Å². The lowest BCUT2D eigenvalue weighted by Crippen LogP contribution is -2.40. The summed E-state index contributed by atoms with van der Waals surface area (Å²) in [6, 6.07) is 7.88. The predicted octanol–water partition coefficient (Wildman–Crippen LogP) is 4.54. The van der Waals surface area contributed by atoms with Gasteiger partial charge in [0, 0.05) is 22.5 Å². The second-order valence-electron chi connectivity index (χ2n) is 6.32. The van der Waals surface area contributed by atoms with Gasteiger partial charge < -0.3 is 0 Å². The topological polar surface area (TPSA) is 46.1 Å². The second kappa shape index (κ2) is 6.21. The number of carbonyl (C=O) groups is 1. The molecule has 2 saturated carbocycles. The van der Waals surface area contributed by atoms with E-state index < -0.39 is 0 Å². The molecule has 1 aromatic carbocycles. The van der Waals surface area contributed by atoms with Gasteiger partial charge in [0.2, 0.25) is 11.0 Å². The first-order valence-corrected chi connectivity index (χ1v) is 9.34. The fourth-order valence-electron chi connectivity index (χ4n) is 3.14. The molecule has 6 heteroatoms. The van der Waals surface area contributed by atoms with Crippen LogP contribution < -0.4 is 4.90 Å². The van der Waals surface area contributed by atoms with E-state index in [4.69, 9.17) is 11.6 Å². The Bertz CT molecular complexity index is 705. The molecule has 2 aliphatic rings. The molecule has 23 heavy (non-hydrogen) atoms. The largest absolute Gasteiger partial charge is 0.283 e. The van der Waals surface area contributed by atoms with Crippen LogP contribution in [0.3, 0.4) is 0 Å². The summed E-state index contributed by atoms with van der Waals surface area (Å²) in [6.07, 6.45) is 6.59. The fourth-order valence-corrected chi connectivity index (χ4v) is 4.20. The fraction of sp³-hybridized carbons (Fsp3) is 0.471. The third kappa shape index (κ3) is 3.12. The molecule has 2 aliphatic carbocycles. The van der Waals surface area contributed by atoms with E-state index in [2.05, 4.69) is 10.2 Å². The summed E-state index contributed by atoms with van der Waals surface area (Å²) >= 11 is 7.44. The van der Waals surface area contributed by atoms with Crippen LogP contribution >= 0.6 is 22.9 Å². The molecule has 2 fully saturated rings. The zero-order valence-corrected chi connectivity index (χ0v) is 14.3. The first kappa shape index (κ1) is 15.1. The smallest absolute Gasteiger partial charge is 0.232 e. The molecule has 0 aliphatic heterocycles. The first-order valence-electron chi connectivity index (χ1n) is 8.15. The number of halogens is 1. The summed E-state index contributed by atoms with van der Waals surface area (Å²) in [4.78, 5) is 14.7. The van der Waals surface area contributed by atoms with Crippen molar-refractivity contribution in [2.45, 2.75) is 44.6 Å². The van der Waals surface area contributed by atoms with Crippen molar-refractivity contribution in [3.63, 3.8) is 0 Å². The number of benzene rings is 1. The zero-order valence-electron chi connectivity index (χ0n) is 12.7. The van der Waals surface area contributed by atoms with Crippen molar-refractivity contribution in [3.05, 3.63) is 29.3 Å². The Morgan fingerprint density at radius 3 is 2.43 bits per heavy atom. The summed E-state index contributed by atoms with van der Waals surface area (Å²) in [5.74, 6) is 0.453. The maximum atomic E-state index is 12.7. The maximum absolute atomic E-state index is 12.7. The van der Waals surface area contributed by atoms with Gasteiger partial charge in [-0.1, -0.05) is 47.9 Å². The molecule has 120 valence electrons. The second-order valence-corrected chi connectivity index (χ2v) is 7.71. The van der Waals surface area contributed by atoms with Gasteiger partial charge in [0.1, 0.15) is 5.01 Å². The number of hydrogen-bond donors (Lipinski definition) is 0. The van der Waals surface area contributed by atoms with E-state index in [-0.39, 0.29) is 11.8 Å². The third-order valence-electron chi connectivity index (χ3n) is 4.57. The molecule has 0 saturated heterocycles. The van der Waals surface area contributed by atoms with Gasteiger partial charge >= 0.3 is 0 Å². The minimum atomic E-state index is 0.207. The van der Waals surface area contributed by atoms with Gasteiger partial charge in [-0.05, 0) is 37.8 Å². The SMILES string of the molecule is O=C(C1CC1)N(c1nnc(-c2ccc(Cl)cc2)s1)C1CCCC1. The lowest BCUT2D eigenvalue weighted by molar-refractivity contribution is -0.120. The van der Waals surface area contributed by atoms with Gasteiger partial charge in [0.05, 0.1) is 0 Å².